The Balaban J connectivity index is 2.44. The number of nitrogens with zero attached hydrogens (tertiary/aromatic N) is 2. The predicted octanol–water partition coefficient (Wildman–Crippen LogP) is 4.85. The molecule has 0 heterocycles. The molecule has 0 saturated heterocycles. The largest absolute Gasteiger partial charge is 0.350 e. The van der Waals surface area contributed by atoms with Gasteiger partial charge in [-0.15, -0.1) is 0 Å². The molecule has 0 unspecified atom stereocenters. The third kappa shape index (κ3) is 8.45. The van der Waals surface area contributed by atoms with Gasteiger partial charge in [0, 0.05) is 26.6 Å². The summed E-state index contributed by atoms with van der Waals surface area (Å²) in [6.07, 6.45) is 0.990. The van der Waals surface area contributed by atoms with Gasteiger partial charge in [-0.1, -0.05) is 51.3 Å². The second-order valence-electron chi connectivity index (χ2n) is 8.96. The van der Waals surface area contributed by atoms with Gasteiger partial charge < -0.3 is 10.2 Å². The van der Waals surface area contributed by atoms with E-state index in [0.29, 0.717) is 0 Å². The van der Waals surface area contributed by atoms with Gasteiger partial charge >= 0.3 is 0 Å². The Hall–Kier alpha value is -1.81. The van der Waals surface area contributed by atoms with Crippen LogP contribution < -0.4 is 9.62 Å². The van der Waals surface area contributed by atoms with Crippen LogP contribution in [-0.4, -0.2) is 49.5 Å². The lowest BCUT2D eigenvalue weighted by Crippen LogP contribution is -2.54. The summed E-state index contributed by atoms with van der Waals surface area (Å²) in [7, 11) is -3.87. The molecule has 11 heteroatoms. The van der Waals surface area contributed by atoms with Gasteiger partial charge in [-0.3, -0.25) is 13.9 Å². The average Bonchev–Trinajstić information content (AvgIpc) is 2.66. The molecule has 2 amide bonds. The second kappa shape index (κ2) is 11.3. The first-order valence-electron chi connectivity index (χ1n) is 10.4. The van der Waals surface area contributed by atoms with Crippen LogP contribution in [-0.2, 0) is 26.2 Å². The van der Waals surface area contributed by atoms with Crippen LogP contribution >= 0.6 is 39.1 Å². The van der Waals surface area contributed by atoms with Gasteiger partial charge in [0.2, 0.25) is 21.8 Å². The highest BCUT2D eigenvalue weighted by Gasteiger charge is 2.31. The van der Waals surface area contributed by atoms with E-state index in [4.69, 9.17) is 23.2 Å². The minimum atomic E-state index is -3.87. The zero-order valence-corrected chi connectivity index (χ0v) is 23.5. The first-order valence-corrected chi connectivity index (χ1v) is 13.8. The molecule has 0 saturated carbocycles. The molecule has 0 spiro atoms. The molecule has 1 N–H and O–H groups in total. The standard InChI is InChI=1S/C23H28BrCl2N3O4S/c1-15(22(31)27-23(2,3)4)28(13-16-7-6-8-17(24)9-16)21(30)14-29(34(5,32)33)20-11-18(25)10-19(26)12-20/h6-12,15H,13-14H2,1-5H3,(H,27,31)/t15-/m0/s1. The minimum Gasteiger partial charge on any atom is -0.350 e. The van der Waals surface area contributed by atoms with E-state index in [1.807, 2.05) is 45.0 Å². The number of amides is 2. The number of hydrogen-bond acceptors (Lipinski definition) is 4. The third-order valence-electron chi connectivity index (χ3n) is 4.72. The Kier molecular flexibility index (Phi) is 9.44. The van der Waals surface area contributed by atoms with Crippen molar-refractivity contribution in [2.45, 2.75) is 45.8 Å². The number of rotatable bonds is 8. The summed E-state index contributed by atoms with van der Waals surface area (Å²) in [5.74, 6) is -0.911. The summed E-state index contributed by atoms with van der Waals surface area (Å²) in [4.78, 5) is 27.8. The summed E-state index contributed by atoms with van der Waals surface area (Å²) in [6, 6.07) is 10.7. The number of hydrogen-bond donors (Lipinski definition) is 1. The molecule has 2 rings (SSSR count). The fourth-order valence-electron chi connectivity index (χ4n) is 3.19. The summed E-state index contributed by atoms with van der Waals surface area (Å²) in [5.41, 5.74) is 0.420. The molecule has 186 valence electrons. The van der Waals surface area contributed by atoms with E-state index >= 15 is 0 Å². The SMILES string of the molecule is C[C@@H](C(=O)NC(C)(C)C)N(Cc1cccc(Br)c1)C(=O)CN(c1cc(Cl)cc(Cl)c1)S(C)(=O)=O. The average molecular weight is 593 g/mol. The number of anilines is 1. The zero-order chi connectivity index (χ0) is 25.8. The Morgan fingerprint density at radius 3 is 2.18 bits per heavy atom. The maximum atomic E-state index is 13.5. The predicted molar refractivity (Wildman–Crippen MR) is 141 cm³/mol. The molecule has 0 fully saturated rings. The maximum Gasteiger partial charge on any atom is 0.244 e. The fraction of sp³-hybridized carbons (Fsp3) is 0.391. The number of sulfonamides is 1. The molecule has 7 nitrogen and oxygen atoms in total. The molecule has 1 atom stereocenters. The first-order chi connectivity index (χ1) is 15.6. The smallest absolute Gasteiger partial charge is 0.244 e. The monoisotopic (exact) mass is 591 g/mol. The number of benzene rings is 2. The molecule has 2 aromatic carbocycles. The van der Waals surface area contributed by atoms with E-state index < -0.39 is 34.1 Å². The quantitative estimate of drug-likeness (QED) is 0.474. The summed E-state index contributed by atoms with van der Waals surface area (Å²) in [6.45, 7) is 6.70. The van der Waals surface area contributed by atoms with Gasteiger partial charge in [-0.2, -0.15) is 0 Å². The van der Waals surface area contributed by atoms with E-state index in [2.05, 4.69) is 21.2 Å². The van der Waals surface area contributed by atoms with Crippen LogP contribution in [0.5, 0.6) is 0 Å². The number of halogens is 3. The van der Waals surface area contributed by atoms with Crippen LogP contribution in [0.25, 0.3) is 0 Å². The van der Waals surface area contributed by atoms with Crippen molar-refractivity contribution in [1.82, 2.24) is 10.2 Å². The van der Waals surface area contributed by atoms with Gasteiger partial charge in [0.1, 0.15) is 12.6 Å². The zero-order valence-electron chi connectivity index (χ0n) is 19.6. The van der Waals surface area contributed by atoms with Crippen LogP contribution in [0.1, 0.15) is 33.3 Å². The van der Waals surface area contributed by atoms with Crippen molar-refractivity contribution in [2.75, 3.05) is 17.1 Å². The first kappa shape index (κ1) is 28.4. The molecule has 0 bridgehead atoms. The maximum absolute atomic E-state index is 13.5. The molecule has 2 aromatic rings. The van der Waals surface area contributed by atoms with Crippen molar-refractivity contribution in [1.29, 1.82) is 0 Å². The van der Waals surface area contributed by atoms with Crippen molar-refractivity contribution in [3.8, 4) is 0 Å². The molecule has 0 aromatic heterocycles. The molecule has 0 radical (unpaired) electrons. The van der Waals surface area contributed by atoms with Crippen LogP contribution in [0.4, 0.5) is 5.69 Å². The number of carbonyl (C=O) groups excluding carboxylic acids is 2. The Labute approximate surface area is 219 Å². The van der Waals surface area contributed by atoms with Crippen molar-refractivity contribution in [3.05, 3.63) is 62.5 Å². The normalized spacial score (nSPS) is 12.7. The van der Waals surface area contributed by atoms with Gasteiger partial charge in [0.15, 0.2) is 0 Å². The van der Waals surface area contributed by atoms with Crippen molar-refractivity contribution >= 4 is 66.7 Å². The lowest BCUT2D eigenvalue weighted by molar-refractivity contribution is -0.140. The summed E-state index contributed by atoms with van der Waals surface area (Å²) >= 11 is 15.5. The lowest BCUT2D eigenvalue weighted by Gasteiger charge is -2.33. The molecular formula is C23H28BrCl2N3O4S. The van der Waals surface area contributed by atoms with Crippen molar-refractivity contribution < 1.29 is 18.0 Å². The summed E-state index contributed by atoms with van der Waals surface area (Å²) in [5, 5.41) is 3.33. The Morgan fingerprint density at radius 1 is 1.09 bits per heavy atom. The van der Waals surface area contributed by atoms with Crippen LogP contribution in [0.3, 0.4) is 0 Å². The Morgan fingerprint density at radius 2 is 1.68 bits per heavy atom. The van der Waals surface area contributed by atoms with Crippen molar-refractivity contribution in [3.63, 3.8) is 0 Å². The van der Waals surface area contributed by atoms with Crippen molar-refractivity contribution in [2.24, 2.45) is 0 Å². The van der Waals surface area contributed by atoms with E-state index in [9.17, 15) is 18.0 Å². The molecule has 34 heavy (non-hydrogen) atoms. The molecule has 0 aliphatic carbocycles. The molecule has 0 aliphatic rings. The van der Waals surface area contributed by atoms with Crippen LogP contribution in [0.2, 0.25) is 10.0 Å². The Bertz CT molecular complexity index is 1150. The lowest BCUT2D eigenvalue weighted by atomic mass is 10.1. The topological polar surface area (TPSA) is 86.8 Å². The highest BCUT2D eigenvalue weighted by atomic mass is 79.9. The van der Waals surface area contributed by atoms with E-state index in [1.54, 1.807) is 6.92 Å². The number of nitrogens with one attached hydrogen (secondary N) is 1. The molecular weight excluding hydrogens is 565 g/mol. The van der Waals surface area contributed by atoms with E-state index in [0.717, 1.165) is 20.6 Å². The highest BCUT2D eigenvalue weighted by molar-refractivity contribution is 9.10. The molecule has 0 aliphatic heterocycles. The van der Waals surface area contributed by atoms with E-state index in [-0.39, 0.29) is 28.2 Å². The van der Waals surface area contributed by atoms with Crippen LogP contribution in [0, 0.1) is 0 Å². The van der Waals surface area contributed by atoms with Gasteiger partial charge in [-0.25, -0.2) is 8.42 Å². The van der Waals surface area contributed by atoms with Crippen LogP contribution in [0.15, 0.2) is 46.9 Å². The second-order valence-corrected chi connectivity index (χ2v) is 12.7. The van der Waals surface area contributed by atoms with Gasteiger partial charge in [0.05, 0.1) is 11.9 Å². The van der Waals surface area contributed by atoms with E-state index in [1.165, 1.54) is 23.1 Å². The number of carbonyl (C=O) groups is 2. The minimum absolute atomic E-state index is 0.102. The summed E-state index contributed by atoms with van der Waals surface area (Å²) < 4.78 is 26.9. The third-order valence-corrected chi connectivity index (χ3v) is 6.79. The fourth-order valence-corrected chi connectivity index (χ4v) is 4.98. The van der Waals surface area contributed by atoms with Gasteiger partial charge in [-0.05, 0) is 63.6 Å². The van der Waals surface area contributed by atoms with Gasteiger partial charge in [0.25, 0.3) is 0 Å². The highest BCUT2D eigenvalue weighted by Crippen LogP contribution is 2.27.